The van der Waals surface area contributed by atoms with Gasteiger partial charge in [0.1, 0.15) is 6.61 Å². The van der Waals surface area contributed by atoms with E-state index in [0.29, 0.717) is 0 Å². The summed E-state index contributed by atoms with van der Waals surface area (Å²) in [5.74, 6) is -11.3. The molecule has 0 saturated carbocycles. The lowest BCUT2D eigenvalue weighted by Crippen LogP contribution is -2.54. The van der Waals surface area contributed by atoms with E-state index in [9.17, 15) is 35.1 Å². The zero-order valence-electron chi connectivity index (χ0n) is 6.26. The Labute approximate surface area is 72.3 Å². The van der Waals surface area contributed by atoms with E-state index < -0.39 is 30.8 Å². The van der Waals surface area contributed by atoms with Crippen molar-refractivity contribution in [1.82, 2.24) is 0 Å². The van der Waals surface area contributed by atoms with E-state index in [1.807, 2.05) is 0 Å². The summed E-state index contributed by atoms with van der Waals surface area (Å²) in [7, 11) is 0. The molecule has 0 aromatic carbocycles. The molecule has 0 spiro atoms. The Hall–Kier alpha value is -0.600. The van der Waals surface area contributed by atoms with Crippen LogP contribution in [-0.4, -0.2) is 35.9 Å². The molecular formula is C5H4F8O. The first-order chi connectivity index (χ1) is 5.97. The number of alkyl halides is 8. The van der Waals surface area contributed by atoms with Crippen molar-refractivity contribution in [2.75, 3.05) is 6.61 Å². The van der Waals surface area contributed by atoms with Crippen molar-refractivity contribution in [3.05, 3.63) is 0 Å². The number of halogens is 8. The second-order valence-electron chi connectivity index (χ2n) is 2.40. The smallest absolute Gasteiger partial charge is 0.390 e. The molecule has 1 atom stereocenters. The molecule has 0 heterocycles. The van der Waals surface area contributed by atoms with Crippen molar-refractivity contribution in [2.45, 2.75) is 24.2 Å². The molecule has 0 amide bonds. The lowest BCUT2D eigenvalue weighted by Gasteiger charge is -2.27. The fourth-order valence-electron chi connectivity index (χ4n) is 0.489. The van der Waals surface area contributed by atoms with Gasteiger partial charge in [-0.1, -0.05) is 0 Å². The van der Waals surface area contributed by atoms with Gasteiger partial charge in [0, 0.05) is 0 Å². The molecule has 14 heavy (non-hydrogen) atoms. The van der Waals surface area contributed by atoms with Crippen LogP contribution >= 0.6 is 0 Å². The van der Waals surface area contributed by atoms with Crippen LogP contribution in [0.5, 0.6) is 0 Å². The molecule has 1 unspecified atom stereocenters. The maximum Gasteiger partial charge on any atom is 0.456 e. The third kappa shape index (κ3) is 2.25. The Balaban J connectivity index is 4.94. The molecule has 0 fully saturated rings. The van der Waals surface area contributed by atoms with Crippen molar-refractivity contribution in [1.29, 1.82) is 0 Å². The number of hydrogen-bond acceptors (Lipinski definition) is 1. The highest BCUT2D eigenvalue weighted by atomic mass is 19.4. The van der Waals surface area contributed by atoms with Gasteiger partial charge in [-0.3, -0.25) is 0 Å². The summed E-state index contributed by atoms with van der Waals surface area (Å²) in [5, 5.41) is 7.70. The van der Waals surface area contributed by atoms with Gasteiger partial charge in [0.15, 0.2) is 0 Å². The highest BCUT2D eigenvalue weighted by molar-refractivity contribution is 4.93. The number of aliphatic hydroxyl groups excluding tert-OH is 1. The Morgan fingerprint density at radius 1 is 0.929 bits per heavy atom. The number of rotatable bonds is 3. The summed E-state index contributed by atoms with van der Waals surface area (Å²) in [5.41, 5.74) is 0. The van der Waals surface area contributed by atoms with Gasteiger partial charge >= 0.3 is 18.0 Å². The summed E-state index contributed by atoms with van der Waals surface area (Å²) >= 11 is 0. The van der Waals surface area contributed by atoms with Crippen LogP contribution in [0.15, 0.2) is 0 Å². The zero-order chi connectivity index (χ0) is 11.8. The molecule has 0 aliphatic rings. The number of aliphatic hydroxyl groups is 1. The van der Waals surface area contributed by atoms with Crippen molar-refractivity contribution in [3.63, 3.8) is 0 Å². The Morgan fingerprint density at radius 2 is 1.29 bits per heavy atom. The van der Waals surface area contributed by atoms with Gasteiger partial charge in [-0.2, -0.15) is 22.0 Å². The average Bonchev–Trinajstić information content (AvgIpc) is 2.01. The van der Waals surface area contributed by atoms with E-state index >= 15 is 0 Å². The van der Waals surface area contributed by atoms with Gasteiger partial charge in [-0.05, 0) is 0 Å². The second kappa shape index (κ2) is 3.52. The fraction of sp³-hybridized carbons (Fsp3) is 1.00. The van der Waals surface area contributed by atoms with E-state index in [1.54, 1.807) is 0 Å². The van der Waals surface area contributed by atoms with Gasteiger partial charge < -0.3 is 5.11 Å². The van der Waals surface area contributed by atoms with Crippen LogP contribution < -0.4 is 0 Å². The minimum Gasteiger partial charge on any atom is -0.390 e. The van der Waals surface area contributed by atoms with Gasteiger partial charge in [0.2, 0.25) is 6.17 Å². The van der Waals surface area contributed by atoms with Gasteiger partial charge in [0.25, 0.3) is 0 Å². The molecule has 0 bridgehead atoms. The summed E-state index contributed by atoms with van der Waals surface area (Å²) in [4.78, 5) is 0. The highest BCUT2D eigenvalue weighted by Gasteiger charge is 2.69. The van der Waals surface area contributed by atoms with Crippen molar-refractivity contribution in [2.24, 2.45) is 0 Å². The molecule has 86 valence electrons. The summed E-state index contributed by atoms with van der Waals surface area (Å²) in [6, 6.07) is 0. The summed E-state index contributed by atoms with van der Waals surface area (Å²) in [6.07, 6.45) is -11.2. The zero-order valence-corrected chi connectivity index (χ0v) is 6.26. The molecular weight excluding hydrogens is 228 g/mol. The van der Waals surface area contributed by atoms with Crippen LogP contribution in [-0.2, 0) is 0 Å². The van der Waals surface area contributed by atoms with Crippen LogP contribution in [0.1, 0.15) is 0 Å². The first-order valence-corrected chi connectivity index (χ1v) is 3.04. The molecule has 1 N–H and O–H groups in total. The van der Waals surface area contributed by atoms with Gasteiger partial charge in [0.05, 0.1) is 0 Å². The summed E-state index contributed by atoms with van der Waals surface area (Å²) < 4.78 is 93.9. The molecule has 0 aliphatic carbocycles. The fourth-order valence-corrected chi connectivity index (χ4v) is 0.489. The van der Waals surface area contributed by atoms with E-state index in [2.05, 4.69) is 0 Å². The van der Waals surface area contributed by atoms with E-state index in [1.165, 1.54) is 0 Å². The molecule has 0 saturated heterocycles. The van der Waals surface area contributed by atoms with E-state index in [0.717, 1.165) is 0 Å². The molecule has 1 nitrogen and oxygen atoms in total. The molecule has 9 heteroatoms. The van der Waals surface area contributed by atoms with Crippen molar-refractivity contribution in [3.8, 4) is 0 Å². The minimum absolute atomic E-state index is 2.43. The normalized spacial score (nSPS) is 16.9. The van der Waals surface area contributed by atoms with Crippen molar-refractivity contribution >= 4 is 0 Å². The van der Waals surface area contributed by atoms with Crippen LogP contribution in [0.25, 0.3) is 0 Å². The third-order valence-corrected chi connectivity index (χ3v) is 1.28. The predicted octanol–water partition coefficient (Wildman–Crippen LogP) is 2.15. The molecule has 0 rings (SSSR count). The molecule has 0 aliphatic heterocycles. The van der Waals surface area contributed by atoms with E-state index in [-0.39, 0.29) is 0 Å². The van der Waals surface area contributed by atoms with Crippen LogP contribution in [0.4, 0.5) is 35.1 Å². The van der Waals surface area contributed by atoms with Crippen LogP contribution in [0.3, 0.4) is 0 Å². The van der Waals surface area contributed by atoms with Crippen molar-refractivity contribution < 1.29 is 40.2 Å². The maximum atomic E-state index is 12.1. The quantitative estimate of drug-likeness (QED) is 0.739. The maximum absolute atomic E-state index is 12.1. The average molecular weight is 232 g/mol. The SMILES string of the molecule is OCC(F)(F)C(F)C(F)(F)C(F)(F)F. The minimum atomic E-state index is -6.43. The highest BCUT2D eigenvalue weighted by Crippen LogP contribution is 2.44. The molecule has 0 aromatic heterocycles. The van der Waals surface area contributed by atoms with Gasteiger partial charge in [-0.15, -0.1) is 0 Å². The molecule has 0 aromatic rings. The molecule has 0 radical (unpaired) electrons. The van der Waals surface area contributed by atoms with E-state index in [4.69, 9.17) is 5.11 Å². The van der Waals surface area contributed by atoms with Crippen LogP contribution in [0, 0.1) is 0 Å². The lowest BCUT2D eigenvalue weighted by atomic mass is 10.1. The Bertz CT molecular complexity index is 196. The first kappa shape index (κ1) is 13.4. The van der Waals surface area contributed by atoms with Gasteiger partial charge in [-0.25, -0.2) is 13.2 Å². The summed E-state index contributed by atoms with van der Waals surface area (Å²) in [6.45, 7) is -2.43. The predicted molar refractivity (Wildman–Crippen MR) is 27.9 cm³/mol. The lowest BCUT2D eigenvalue weighted by molar-refractivity contribution is -0.329. The van der Waals surface area contributed by atoms with Crippen LogP contribution in [0.2, 0.25) is 0 Å². The number of hydrogen-bond donors (Lipinski definition) is 1. The largest absolute Gasteiger partial charge is 0.456 e. The first-order valence-electron chi connectivity index (χ1n) is 3.04. The monoisotopic (exact) mass is 232 g/mol. The third-order valence-electron chi connectivity index (χ3n) is 1.28. The Kier molecular flexibility index (Phi) is 3.37. The second-order valence-corrected chi connectivity index (χ2v) is 2.40. The topological polar surface area (TPSA) is 20.2 Å². The standard InChI is InChI=1S/C5H4F8O/c6-2(3(7,8)1-14)4(9,10)5(11,12)13/h2,14H,1H2. The Morgan fingerprint density at radius 3 is 1.50 bits per heavy atom.